The molecule has 0 amide bonds. The molecule has 6 rings (SSSR count). The first-order valence-corrected chi connectivity index (χ1v) is 12.8. The van der Waals surface area contributed by atoms with Crippen molar-refractivity contribution in [1.29, 1.82) is 0 Å². The molecule has 5 nitrogen and oxygen atoms in total. The first-order valence-electron chi connectivity index (χ1n) is 12.4. The third-order valence-corrected chi connectivity index (χ3v) is 10.4. The summed E-state index contributed by atoms with van der Waals surface area (Å²) in [6, 6.07) is 3.49. The molecule has 8 heteroatoms. The van der Waals surface area contributed by atoms with Crippen LogP contribution in [0, 0.1) is 40.2 Å². The number of rotatable bonds is 2. The van der Waals surface area contributed by atoms with Gasteiger partial charge in [0.2, 0.25) is 5.12 Å². The lowest BCUT2D eigenvalue weighted by Gasteiger charge is -2.60. The number of aromatic nitrogens is 2. The fourth-order valence-electron chi connectivity index (χ4n) is 8.39. The molecule has 0 spiro atoms. The van der Waals surface area contributed by atoms with E-state index >= 15 is 0 Å². The zero-order chi connectivity index (χ0) is 24.9. The number of aliphatic hydroxyl groups is 2. The van der Waals surface area contributed by atoms with Crippen molar-refractivity contribution in [2.45, 2.75) is 64.1 Å². The molecule has 0 saturated heterocycles. The van der Waals surface area contributed by atoms with Crippen molar-refractivity contribution in [3.05, 3.63) is 52.9 Å². The first kappa shape index (κ1) is 23.4. The van der Waals surface area contributed by atoms with Crippen LogP contribution >= 0.6 is 12.6 Å². The lowest BCUT2D eigenvalue weighted by Crippen LogP contribution is -2.61. The van der Waals surface area contributed by atoms with Crippen molar-refractivity contribution in [1.82, 2.24) is 9.78 Å². The van der Waals surface area contributed by atoms with Gasteiger partial charge in [-0.15, -0.1) is 12.6 Å². The summed E-state index contributed by atoms with van der Waals surface area (Å²) in [5, 5.41) is 26.8. The molecule has 1 heterocycles. The molecule has 3 fully saturated rings. The van der Waals surface area contributed by atoms with Gasteiger partial charge in [0, 0.05) is 11.5 Å². The Morgan fingerprint density at radius 2 is 2.03 bits per heavy atom. The number of benzene rings is 1. The third-order valence-electron chi connectivity index (χ3n) is 10.1. The van der Waals surface area contributed by atoms with Crippen molar-refractivity contribution in [2.24, 2.45) is 28.6 Å². The molecule has 186 valence electrons. The highest BCUT2D eigenvalue weighted by atomic mass is 32.1. The molecule has 35 heavy (non-hydrogen) atoms. The Balaban J connectivity index is 1.39. The number of carbonyl (C=O) groups excluding carboxylic acids is 1. The normalized spacial score (nSPS) is 39.8. The van der Waals surface area contributed by atoms with Gasteiger partial charge in [-0.3, -0.25) is 4.79 Å². The van der Waals surface area contributed by atoms with E-state index in [2.05, 4.69) is 30.7 Å². The fraction of sp³-hybridized carbons (Fsp3) is 0.556. The van der Waals surface area contributed by atoms with Crippen LogP contribution in [0.5, 0.6) is 0 Å². The smallest absolute Gasteiger partial charge is 0.218 e. The van der Waals surface area contributed by atoms with E-state index in [9.17, 15) is 23.8 Å². The van der Waals surface area contributed by atoms with Gasteiger partial charge in [0.25, 0.3) is 0 Å². The molecule has 2 aromatic rings. The van der Waals surface area contributed by atoms with Gasteiger partial charge in [0.15, 0.2) is 5.82 Å². The standard InChI is InChI=1S/C27H30F2N2O3S/c1-25-11-14-13-30-31(20-6-4-16(28)10-19(20)29)21(14)9-15(25)3-5-17-18-7-8-27(34,24(33)35)26(18,2)12-22(32)23(17)25/h4,6,9-10,13,17-18,22-23,32,34H,3,5,7-8,11-12H2,1-2H3,(H,33,35)/t17-,18-,22-,23?,25-,26-,27-/m0/s1. The highest BCUT2D eigenvalue weighted by Crippen LogP contribution is 2.67. The van der Waals surface area contributed by atoms with E-state index in [1.165, 1.54) is 22.4 Å². The van der Waals surface area contributed by atoms with Gasteiger partial charge in [-0.1, -0.05) is 19.4 Å². The highest BCUT2D eigenvalue weighted by Gasteiger charge is 2.68. The van der Waals surface area contributed by atoms with Crippen LogP contribution in [0.4, 0.5) is 8.78 Å². The SMILES string of the molecule is C[C@]12Cc3cnn(-c4ccc(F)cc4F)c3C=C1CC[C@@H]1C2[C@@H](O)C[C@@]2(C)[C@H]1CC[C@]2(O)C(=O)S. The van der Waals surface area contributed by atoms with Gasteiger partial charge in [-0.05, 0) is 85.5 Å². The average molecular weight is 501 g/mol. The zero-order valence-corrected chi connectivity index (χ0v) is 20.7. The molecule has 4 aliphatic carbocycles. The maximum absolute atomic E-state index is 14.5. The number of halogens is 2. The van der Waals surface area contributed by atoms with Crippen molar-refractivity contribution in [3.8, 4) is 5.69 Å². The lowest BCUT2D eigenvalue weighted by atomic mass is 9.45. The van der Waals surface area contributed by atoms with Crippen molar-refractivity contribution in [3.63, 3.8) is 0 Å². The van der Waals surface area contributed by atoms with E-state index in [0.717, 1.165) is 36.6 Å². The molecule has 1 aromatic heterocycles. The second-order valence-corrected chi connectivity index (χ2v) is 12.0. The van der Waals surface area contributed by atoms with Crippen molar-refractivity contribution < 1.29 is 23.8 Å². The van der Waals surface area contributed by atoms with Gasteiger partial charge in [0.1, 0.15) is 17.1 Å². The number of fused-ring (bicyclic) bond motifs is 6. The number of nitrogens with zero attached hydrogens (tertiary/aromatic N) is 2. The highest BCUT2D eigenvalue weighted by molar-refractivity contribution is 7.96. The molecule has 1 aromatic carbocycles. The molecule has 7 atom stereocenters. The Morgan fingerprint density at radius 1 is 1.26 bits per heavy atom. The Hall–Kier alpha value is -2.03. The second kappa shape index (κ2) is 7.49. The Kier molecular flexibility index (Phi) is 5.00. The van der Waals surface area contributed by atoms with Crippen molar-refractivity contribution >= 4 is 23.8 Å². The van der Waals surface area contributed by atoms with Crippen LogP contribution in [-0.2, 0) is 11.2 Å². The lowest BCUT2D eigenvalue weighted by molar-refractivity contribution is -0.173. The monoisotopic (exact) mass is 500 g/mol. The van der Waals surface area contributed by atoms with E-state index in [1.807, 2.05) is 6.92 Å². The maximum Gasteiger partial charge on any atom is 0.218 e. The number of hydrogen-bond acceptors (Lipinski definition) is 4. The minimum absolute atomic E-state index is 0.0167. The van der Waals surface area contributed by atoms with Crippen LogP contribution in [0.25, 0.3) is 11.8 Å². The Bertz CT molecular complexity index is 1280. The molecule has 4 aliphatic rings. The van der Waals surface area contributed by atoms with Crippen LogP contribution < -0.4 is 0 Å². The quantitative estimate of drug-likeness (QED) is 0.531. The van der Waals surface area contributed by atoms with Crippen LogP contribution in [-0.4, -0.2) is 36.8 Å². The van der Waals surface area contributed by atoms with E-state index < -0.39 is 33.9 Å². The van der Waals surface area contributed by atoms with Crippen LogP contribution in [0.2, 0.25) is 0 Å². The third kappa shape index (κ3) is 2.99. The van der Waals surface area contributed by atoms with Gasteiger partial charge in [0.05, 0.1) is 18.0 Å². The Morgan fingerprint density at radius 3 is 2.74 bits per heavy atom. The molecule has 0 radical (unpaired) electrons. The average Bonchev–Trinajstić information content (AvgIpc) is 3.29. The van der Waals surface area contributed by atoms with E-state index in [1.54, 1.807) is 6.20 Å². The Labute approximate surface area is 208 Å². The van der Waals surface area contributed by atoms with Crippen molar-refractivity contribution in [2.75, 3.05) is 0 Å². The second-order valence-electron chi connectivity index (χ2n) is 11.6. The zero-order valence-electron chi connectivity index (χ0n) is 19.8. The molecule has 1 unspecified atom stereocenters. The summed E-state index contributed by atoms with van der Waals surface area (Å²) in [6.45, 7) is 4.15. The maximum atomic E-state index is 14.5. The summed E-state index contributed by atoms with van der Waals surface area (Å²) in [6.07, 6.45) is 6.97. The molecule has 3 saturated carbocycles. The largest absolute Gasteiger partial charge is 0.393 e. The van der Waals surface area contributed by atoms with E-state index in [-0.39, 0.29) is 28.9 Å². The van der Waals surface area contributed by atoms with Crippen LogP contribution in [0.3, 0.4) is 0 Å². The summed E-state index contributed by atoms with van der Waals surface area (Å²) in [4.78, 5) is 12.4. The molecule has 0 bridgehead atoms. The minimum Gasteiger partial charge on any atom is -0.393 e. The molecular formula is C27H30F2N2O3S. The number of hydrogen-bond donors (Lipinski definition) is 3. The number of thiol groups is 1. The number of aliphatic hydroxyl groups excluding tert-OH is 1. The van der Waals surface area contributed by atoms with Gasteiger partial charge >= 0.3 is 0 Å². The summed E-state index contributed by atoms with van der Waals surface area (Å²) < 4.78 is 29.5. The predicted octanol–water partition coefficient (Wildman–Crippen LogP) is 4.49. The summed E-state index contributed by atoms with van der Waals surface area (Å²) in [5.74, 6) is -1.00. The summed E-state index contributed by atoms with van der Waals surface area (Å²) >= 11 is 4.03. The van der Waals surface area contributed by atoms with E-state index in [0.29, 0.717) is 19.3 Å². The summed E-state index contributed by atoms with van der Waals surface area (Å²) in [5.41, 5.74) is 0.659. The van der Waals surface area contributed by atoms with Gasteiger partial charge in [-0.25, -0.2) is 13.5 Å². The van der Waals surface area contributed by atoms with Gasteiger partial charge in [-0.2, -0.15) is 5.10 Å². The summed E-state index contributed by atoms with van der Waals surface area (Å²) in [7, 11) is 0. The minimum atomic E-state index is -1.51. The first-order chi connectivity index (χ1) is 16.5. The predicted molar refractivity (Wildman–Crippen MR) is 130 cm³/mol. The number of carbonyl (C=O) groups is 1. The topological polar surface area (TPSA) is 75.3 Å². The van der Waals surface area contributed by atoms with Gasteiger partial charge < -0.3 is 10.2 Å². The number of allylic oxidation sites excluding steroid dienone is 1. The molecule has 2 N–H and O–H groups in total. The van der Waals surface area contributed by atoms with E-state index in [4.69, 9.17) is 0 Å². The van der Waals surface area contributed by atoms with Crippen LogP contribution in [0.1, 0.15) is 57.2 Å². The molecular weight excluding hydrogens is 470 g/mol. The fourth-order valence-corrected chi connectivity index (χ4v) is 8.75. The molecule has 0 aliphatic heterocycles. The van der Waals surface area contributed by atoms with Crippen LogP contribution in [0.15, 0.2) is 30.0 Å².